The summed E-state index contributed by atoms with van der Waals surface area (Å²) in [7, 11) is 5.06. The molecule has 7 nitrogen and oxygen atoms in total. The number of anilines is 1. The minimum atomic E-state index is -0.440. The Morgan fingerprint density at radius 3 is 2.44 bits per heavy atom. The topological polar surface area (TPSA) is 76.9 Å². The lowest BCUT2D eigenvalue weighted by atomic mass is 10.2. The highest BCUT2D eigenvalue weighted by Crippen LogP contribution is 2.25. The average Bonchev–Trinajstić information content (AvgIpc) is 2.62. The normalized spacial score (nSPS) is 10.0. The van der Waals surface area contributed by atoms with Gasteiger partial charge in [-0.2, -0.15) is 0 Å². The summed E-state index contributed by atoms with van der Waals surface area (Å²) in [5.74, 6) is 1.43. The maximum atomic E-state index is 10.7. The second kappa shape index (κ2) is 8.29. The number of rotatable bonds is 6. The summed E-state index contributed by atoms with van der Waals surface area (Å²) in [6, 6.07) is 11.7. The van der Waals surface area contributed by atoms with E-state index in [0.29, 0.717) is 23.1 Å². The maximum Gasteiger partial charge on any atom is 0.269 e. The molecule has 0 aliphatic heterocycles. The molecule has 0 radical (unpaired) electrons. The smallest absolute Gasteiger partial charge is 0.269 e. The van der Waals surface area contributed by atoms with E-state index in [1.807, 2.05) is 30.1 Å². The molecular formula is C17H19N3O4S. The SMILES string of the molecule is COc1ccc(CN(C)C(=S)Nc2ccc([N+](=O)[O-])cc2)c(OC)c1. The van der Waals surface area contributed by atoms with Crippen LogP contribution in [0.1, 0.15) is 5.56 Å². The van der Waals surface area contributed by atoms with Crippen molar-refractivity contribution in [3.8, 4) is 11.5 Å². The molecule has 0 aliphatic carbocycles. The highest BCUT2D eigenvalue weighted by Gasteiger charge is 2.11. The highest BCUT2D eigenvalue weighted by atomic mass is 32.1. The Hall–Kier alpha value is -2.87. The fourth-order valence-corrected chi connectivity index (χ4v) is 2.38. The van der Waals surface area contributed by atoms with Gasteiger partial charge >= 0.3 is 0 Å². The molecule has 0 aliphatic rings. The molecule has 2 rings (SSSR count). The van der Waals surface area contributed by atoms with Crippen LogP contribution >= 0.6 is 12.2 Å². The number of hydrogen-bond donors (Lipinski definition) is 1. The number of nitrogens with zero attached hydrogens (tertiary/aromatic N) is 2. The Morgan fingerprint density at radius 2 is 1.88 bits per heavy atom. The third kappa shape index (κ3) is 4.80. The number of nitrogens with one attached hydrogen (secondary N) is 1. The zero-order valence-electron chi connectivity index (χ0n) is 14.2. The summed E-state index contributed by atoms with van der Waals surface area (Å²) in [6.07, 6.45) is 0. The summed E-state index contributed by atoms with van der Waals surface area (Å²) < 4.78 is 10.6. The molecule has 132 valence electrons. The predicted octanol–water partition coefficient (Wildman–Crippen LogP) is 3.44. The number of nitro groups is 1. The number of hydrogen-bond acceptors (Lipinski definition) is 5. The van der Waals surface area contributed by atoms with E-state index in [4.69, 9.17) is 21.7 Å². The van der Waals surface area contributed by atoms with Gasteiger partial charge in [-0.1, -0.05) is 0 Å². The molecule has 0 saturated heterocycles. The molecule has 0 fully saturated rings. The lowest BCUT2D eigenvalue weighted by Gasteiger charge is -2.22. The standard InChI is InChI=1S/C17H19N3O4S/c1-19(11-12-4-9-15(23-2)10-16(12)24-3)17(25)18-13-5-7-14(8-6-13)20(21)22/h4-10H,11H2,1-3H3,(H,18,25). The van der Waals surface area contributed by atoms with Crippen LogP contribution in [0.25, 0.3) is 0 Å². The van der Waals surface area contributed by atoms with Crippen LogP contribution < -0.4 is 14.8 Å². The minimum Gasteiger partial charge on any atom is -0.497 e. The van der Waals surface area contributed by atoms with E-state index in [-0.39, 0.29) is 5.69 Å². The lowest BCUT2D eigenvalue weighted by molar-refractivity contribution is -0.384. The quantitative estimate of drug-likeness (QED) is 0.480. The first-order valence-electron chi connectivity index (χ1n) is 7.42. The van der Waals surface area contributed by atoms with Crippen molar-refractivity contribution in [3.05, 3.63) is 58.1 Å². The van der Waals surface area contributed by atoms with E-state index in [2.05, 4.69) is 5.32 Å². The van der Waals surface area contributed by atoms with Gasteiger partial charge in [-0.15, -0.1) is 0 Å². The van der Waals surface area contributed by atoms with E-state index in [9.17, 15) is 10.1 Å². The number of benzene rings is 2. The molecule has 0 atom stereocenters. The first-order valence-corrected chi connectivity index (χ1v) is 7.83. The first-order chi connectivity index (χ1) is 11.9. The van der Waals surface area contributed by atoms with Gasteiger partial charge in [0.2, 0.25) is 0 Å². The molecule has 2 aromatic carbocycles. The van der Waals surface area contributed by atoms with Gasteiger partial charge in [0, 0.05) is 43.0 Å². The lowest BCUT2D eigenvalue weighted by Crippen LogP contribution is -2.30. The number of non-ortho nitro benzene ring substituents is 1. The maximum absolute atomic E-state index is 10.7. The van der Waals surface area contributed by atoms with Crippen LogP contribution in [-0.2, 0) is 6.54 Å². The molecular weight excluding hydrogens is 342 g/mol. The molecule has 8 heteroatoms. The van der Waals surface area contributed by atoms with E-state index in [0.717, 1.165) is 11.3 Å². The van der Waals surface area contributed by atoms with E-state index >= 15 is 0 Å². The van der Waals surface area contributed by atoms with Crippen molar-refractivity contribution in [2.45, 2.75) is 6.54 Å². The monoisotopic (exact) mass is 361 g/mol. The van der Waals surface area contributed by atoms with Crippen molar-refractivity contribution in [1.82, 2.24) is 4.90 Å². The number of ether oxygens (including phenoxy) is 2. The second-order valence-electron chi connectivity index (χ2n) is 5.27. The molecule has 1 N–H and O–H groups in total. The van der Waals surface area contributed by atoms with Gasteiger partial charge in [0.15, 0.2) is 5.11 Å². The number of thiocarbonyl (C=S) groups is 1. The zero-order chi connectivity index (χ0) is 18.4. The van der Waals surface area contributed by atoms with Crippen LogP contribution in [0, 0.1) is 10.1 Å². The van der Waals surface area contributed by atoms with Gasteiger partial charge in [-0.05, 0) is 36.5 Å². The van der Waals surface area contributed by atoms with Crippen molar-refractivity contribution in [1.29, 1.82) is 0 Å². The van der Waals surface area contributed by atoms with Crippen LogP contribution in [-0.4, -0.2) is 36.2 Å². The molecule has 0 spiro atoms. The van der Waals surface area contributed by atoms with Crippen LogP contribution in [0.5, 0.6) is 11.5 Å². The van der Waals surface area contributed by atoms with Crippen molar-refractivity contribution in [2.24, 2.45) is 0 Å². The highest BCUT2D eigenvalue weighted by molar-refractivity contribution is 7.80. The molecule has 0 amide bonds. The van der Waals surface area contributed by atoms with Gasteiger partial charge in [-0.25, -0.2) is 0 Å². The predicted molar refractivity (Wildman–Crippen MR) is 100 cm³/mol. The number of methoxy groups -OCH3 is 2. The van der Waals surface area contributed by atoms with Gasteiger partial charge in [0.1, 0.15) is 11.5 Å². The Kier molecular flexibility index (Phi) is 6.13. The summed E-state index contributed by atoms with van der Waals surface area (Å²) >= 11 is 5.39. The van der Waals surface area contributed by atoms with Crippen LogP contribution in [0.2, 0.25) is 0 Å². The fraction of sp³-hybridized carbons (Fsp3) is 0.235. The molecule has 0 unspecified atom stereocenters. The summed E-state index contributed by atoms with van der Waals surface area (Å²) in [6.45, 7) is 0.534. The average molecular weight is 361 g/mol. The van der Waals surface area contributed by atoms with E-state index in [1.54, 1.807) is 26.4 Å². The molecule has 0 saturated carbocycles. The van der Waals surface area contributed by atoms with Crippen LogP contribution in [0.15, 0.2) is 42.5 Å². The Morgan fingerprint density at radius 1 is 1.20 bits per heavy atom. The summed E-state index contributed by atoms with van der Waals surface area (Å²) in [5.41, 5.74) is 1.68. The fourth-order valence-electron chi connectivity index (χ4n) is 2.20. The van der Waals surface area contributed by atoms with E-state index < -0.39 is 4.92 Å². The zero-order valence-corrected chi connectivity index (χ0v) is 15.0. The van der Waals surface area contributed by atoms with Crippen molar-refractivity contribution < 1.29 is 14.4 Å². The van der Waals surface area contributed by atoms with Crippen molar-refractivity contribution >= 4 is 28.7 Å². The third-order valence-electron chi connectivity index (χ3n) is 3.58. The van der Waals surface area contributed by atoms with Crippen LogP contribution in [0.3, 0.4) is 0 Å². The van der Waals surface area contributed by atoms with Gasteiger partial charge in [-0.3, -0.25) is 10.1 Å². The minimum absolute atomic E-state index is 0.0350. The van der Waals surface area contributed by atoms with Crippen molar-refractivity contribution in [3.63, 3.8) is 0 Å². The second-order valence-corrected chi connectivity index (χ2v) is 5.65. The first kappa shape index (κ1) is 18.5. The molecule has 0 aromatic heterocycles. The van der Waals surface area contributed by atoms with Crippen LogP contribution in [0.4, 0.5) is 11.4 Å². The van der Waals surface area contributed by atoms with Crippen molar-refractivity contribution in [2.75, 3.05) is 26.6 Å². The Bertz CT molecular complexity index is 765. The van der Waals surface area contributed by atoms with E-state index in [1.165, 1.54) is 12.1 Å². The molecule has 0 heterocycles. The summed E-state index contributed by atoms with van der Waals surface area (Å²) in [4.78, 5) is 12.1. The molecule has 25 heavy (non-hydrogen) atoms. The third-order valence-corrected chi connectivity index (χ3v) is 3.99. The summed E-state index contributed by atoms with van der Waals surface area (Å²) in [5, 5.41) is 14.2. The largest absolute Gasteiger partial charge is 0.497 e. The Balaban J connectivity index is 2.04. The van der Waals surface area contributed by atoms with Gasteiger partial charge in [0.05, 0.1) is 19.1 Å². The van der Waals surface area contributed by atoms with Gasteiger partial charge < -0.3 is 19.7 Å². The van der Waals surface area contributed by atoms with Gasteiger partial charge in [0.25, 0.3) is 5.69 Å². The Labute approximate surface area is 151 Å². The molecule has 0 bridgehead atoms. The molecule has 2 aromatic rings. The number of nitro benzene ring substituents is 1.